The normalized spacial score (nSPS) is 21.4. The van der Waals surface area contributed by atoms with E-state index in [9.17, 15) is 8.42 Å². The number of aliphatic hydroxyl groups excluding tert-OH is 1. The number of rotatable bonds is 3. The van der Waals surface area contributed by atoms with Crippen LogP contribution in [0.5, 0.6) is 0 Å². The minimum absolute atomic E-state index is 0.0427. The van der Waals surface area contributed by atoms with Crippen LogP contribution < -0.4 is 0 Å². The summed E-state index contributed by atoms with van der Waals surface area (Å²) >= 11 is 3.31. The zero-order valence-corrected chi connectivity index (χ0v) is 12.5. The van der Waals surface area contributed by atoms with Gasteiger partial charge in [-0.1, -0.05) is 6.07 Å². The zero-order valence-electron chi connectivity index (χ0n) is 10.1. The Bertz CT molecular complexity index is 544. The number of aryl methyl sites for hydroxylation is 1. The Labute approximate surface area is 116 Å². The first-order valence-electron chi connectivity index (χ1n) is 5.82. The molecule has 100 valence electrons. The average molecular weight is 334 g/mol. The minimum Gasteiger partial charge on any atom is -0.396 e. The molecule has 4 nitrogen and oxygen atoms in total. The van der Waals surface area contributed by atoms with Gasteiger partial charge in [-0.05, 0) is 52.9 Å². The molecule has 18 heavy (non-hydrogen) atoms. The molecule has 0 saturated carbocycles. The monoisotopic (exact) mass is 333 g/mol. The molecule has 0 bridgehead atoms. The highest BCUT2D eigenvalue weighted by atomic mass is 79.9. The van der Waals surface area contributed by atoms with Crippen LogP contribution in [0, 0.1) is 12.8 Å². The van der Waals surface area contributed by atoms with E-state index in [4.69, 9.17) is 5.11 Å². The SMILES string of the molecule is Cc1ccc(S(=O)(=O)N2CCC(CO)C2)c(Br)c1. The van der Waals surface area contributed by atoms with Crippen LogP contribution in [0.4, 0.5) is 0 Å². The summed E-state index contributed by atoms with van der Waals surface area (Å²) in [5.74, 6) is 0.0593. The van der Waals surface area contributed by atoms with E-state index in [2.05, 4.69) is 15.9 Å². The lowest BCUT2D eigenvalue weighted by atomic mass is 10.1. The summed E-state index contributed by atoms with van der Waals surface area (Å²) < 4.78 is 26.9. The van der Waals surface area contributed by atoms with E-state index in [1.807, 2.05) is 6.92 Å². The van der Waals surface area contributed by atoms with Crippen LogP contribution in [-0.4, -0.2) is 37.5 Å². The van der Waals surface area contributed by atoms with Crippen LogP contribution in [0.3, 0.4) is 0 Å². The van der Waals surface area contributed by atoms with E-state index in [1.165, 1.54) is 4.31 Å². The van der Waals surface area contributed by atoms with Crippen LogP contribution in [0.25, 0.3) is 0 Å². The molecule has 2 rings (SSSR count). The van der Waals surface area contributed by atoms with Gasteiger partial charge < -0.3 is 5.11 Å². The Morgan fingerprint density at radius 2 is 2.22 bits per heavy atom. The van der Waals surface area contributed by atoms with Crippen LogP contribution in [0.15, 0.2) is 27.6 Å². The topological polar surface area (TPSA) is 57.6 Å². The molecule has 0 aromatic heterocycles. The number of nitrogens with zero attached hydrogens (tertiary/aromatic N) is 1. The Morgan fingerprint density at radius 1 is 1.50 bits per heavy atom. The highest BCUT2D eigenvalue weighted by Crippen LogP contribution is 2.29. The van der Waals surface area contributed by atoms with Crippen molar-refractivity contribution in [1.29, 1.82) is 0 Å². The quantitative estimate of drug-likeness (QED) is 0.916. The van der Waals surface area contributed by atoms with E-state index in [0.717, 1.165) is 12.0 Å². The fraction of sp³-hybridized carbons (Fsp3) is 0.500. The number of aliphatic hydroxyl groups is 1. The second-order valence-corrected chi connectivity index (χ2v) is 7.39. The van der Waals surface area contributed by atoms with E-state index in [1.54, 1.807) is 18.2 Å². The molecule has 1 N–H and O–H groups in total. The Hall–Kier alpha value is -0.430. The zero-order chi connectivity index (χ0) is 13.3. The third-order valence-electron chi connectivity index (χ3n) is 3.21. The van der Waals surface area contributed by atoms with Crippen molar-refractivity contribution in [3.63, 3.8) is 0 Å². The fourth-order valence-corrected chi connectivity index (χ4v) is 4.80. The number of halogens is 1. The molecular weight excluding hydrogens is 318 g/mol. The van der Waals surface area contributed by atoms with Crippen LogP contribution in [0.1, 0.15) is 12.0 Å². The van der Waals surface area contributed by atoms with Crippen molar-refractivity contribution in [1.82, 2.24) is 4.31 Å². The second kappa shape index (κ2) is 5.28. The van der Waals surface area contributed by atoms with Crippen molar-refractivity contribution >= 4 is 26.0 Å². The third kappa shape index (κ3) is 2.61. The molecule has 6 heteroatoms. The van der Waals surface area contributed by atoms with E-state index in [0.29, 0.717) is 22.5 Å². The van der Waals surface area contributed by atoms with E-state index >= 15 is 0 Å². The molecule has 0 spiro atoms. The van der Waals surface area contributed by atoms with Gasteiger partial charge in [0.2, 0.25) is 10.0 Å². The summed E-state index contributed by atoms with van der Waals surface area (Å²) in [5, 5.41) is 9.08. The summed E-state index contributed by atoms with van der Waals surface area (Å²) in [7, 11) is -3.45. The first-order valence-corrected chi connectivity index (χ1v) is 8.05. The average Bonchev–Trinajstić information content (AvgIpc) is 2.77. The summed E-state index contributed by atoms with van der Waals surface area (Å²) in [6, 6.07) is 5.21. The van der Waals surface area contributed by atoms with Gasteiger partial charge in [-0.2, -0.15) is 4.31 Å². The van der Waals surface area contributed by atoms with Crippen molar-refractivity contribution in [3.8, 4) is 0 Å². The molecule has 1 aliphatic rings. The third-order valence-corrected chi connectivity index (χ3v) is 6.05. The smallest absolute Gasteiger partial charge is 0.244 e. The summed E-state index contributed by atoms with van der Waals surface area (Å²) in [5.41, 5.74) is 1.01. The van der Waals surface area contributed by atoms with Crippen LogP contribution in [-0.2, 0) is 10.0 Å². The molecule has 1 heterocycles. The van der Waals surface area contributed by atoms with Crippen molar-refractivity contribution in [2.75, 3.05) is 19.7 Å². The maximum atomic E-state index is 12.4. The lowest BCUT2D eigenvalue weighted by Gasteiger charge is -2.17. The van der Waals surface area contributed by atoms with Crippen LogP contribution in [0.2, 0.25) is 0 Å². The highest BCUT2D eigenvalue weighted by molar-refractivity contribution is 9.10. The summed E-state index contributed by atoms with van der Waals surface area (Å²) in [4.78, 5) is 0.298. The van der Waals surface area contributed by atoms with Gasteiger partial charge >= 0.3 is 0 Å². The fourth-order valence-electron chi connectivity index (χ4n) is 2.12. The van der Waals surface area contributed by atoms with Gasteiger partial charge in [0.25, 0.3) is 0 Å². The number of hydrogen-bond acceptors (Lipinski definition) is 3. The van der Waals surface area contributed by atoms with E-state index in [-0.39, 0.29) is 12.5 Å². The van der Waals surface area contributed by atoms with Gasteiger partial charge in [0, 0.05) is 24.2 Å². The summed E-state index contributed by atoms with van der Waals surface area (Å²) in [6.07, 6.45) is 0.721. The van der Waals surface area contributed by atoms with Crippen LogP contribution >= 0.6 is 15.9 Å². The van der Waals surface area contributed by atoms with Gasteiger partial charge in [0.15, 0.2) is 0 Å². The van der Waals surface area contributed by atoms with Gasteiger partial charge in [-0.15, -0.1) is 0 Å². The van der Waals surface area contributed by atoms with Crippen molar-refractivity contribution < 1.29 is 13.5 Å². The standard InChI is InChI=1S/C12H16BrNO3S/c1-9-2-3-12(11(13)6-9)18(16,17)14-5-4-10(7-14)8-15/h2-3,6,10,15H,4-5,7-8H2,1H3. The van der Waals surface area contributed by atoms with Crippen molar-refractivity contribution in [3.05, 3.63) is 28.2 Å². The van der Waals surface area contributed by atoms with Crippen molar-refractivity contribution in [2.24, 2.45) is 5.92 Å². The highest BCUT2D eigenvalue weighted by Gasteiger charge is 2.33. The predicted molar refractivity (Wildman–Crippen MR) is 72.8 cm³/mol. The lowest BCUT2D eigenvalue weighted by Crippen LogP contribution is -2.29. The maximum absolute atomic E-state index is 12.4. The van der Waals surface area contributed by atoms with Gasteiger partial charge in [-0.3, -0.25) is 0 Å². The van der Waals surface area contributed by atoms with Gasteiger partial charge in [0.1, 0.15) is 0 Å². The molecular formula is C12H16BrNO3S. The molecule has 1 unspecified atom stereocenters. The van der Waals surface area contributed by atoms with Gasteiger partial charge in [0.05, 0.1) is 4.90 Å². The lowest BCUT2D eigenvalue weighted by molar-refractivity contribution is 0.233. The summed E-state index contributed by atoms with van der Waals surface area (Å²) in [6.45, 7) is 2.84. The largest absolute Gasteiger partial charge is 0.396 e. The molecule has 0 amide bonds. The first kappa shape index (κ1) is 14.0. The Balaban J connectivity index is 2.31. The molecule has 1 atom stereocenters. The minimum atomic E-state index is -3.45. The maximum Gasteiger partial charge on any atom is 0.244 e. The number of hydrogen-bond donors (Lipinski definition) is 1. The molecule has 1 aromatic carbocycles. The molecule has 1 aromatic rings. The van der Waals surface area contributed by atoms with E-state index < -0.39 is 10.0 Å². The number of benzene rings is 1. The second-order valence-electron chi connectivity index (χ2n) is 4.63. The number of sulfonamides is 1. The predicted octanol–water partition coefficient (Wildman–Crippen LogP) is 1.76. The molecule has 0 aliphatic carbocycles. The molecule has 1 aliphatic heterocycles. The molecule has 1 fully saturated rings. The molecule has 1 saturated heterocycles. The van der Waals surface area contributed by atoms with Gasteiger partial charge in [-0.25, -0.2) is 8.42 Å². The Kier molecular flexibility index (Phi) is 4.11. The first-order chi connectivity index (χ1) is 8.45. The van der Waals surface area contributed by atoms with Crippen molar-refractivity contribution in [2.45, 2.75) is 18.2 Å². The molecule has 0 radical (unpaired) electrons. The Morgan fingerprint density at radius 3 is 2.78 bits per heavy atom.